The number of nitrogens with zero attached hydrogens (tertiary/aromatic N) is 1. The third kappa shape index (κ3) is 3.44. The van der Waals surface area contributed by atoms with Gasteiger partial charge in [-0.25, -0.2) is 0 Å². The molecule has 0 amide bonds. The van der Waals surface area contributed by atoms with Crippen molar-refractivity contribution in [2.75, 3.05) is 26.4 Å². The van der Waals surface area contributed by atoms with E-state index in [1.807, 2.05) is 50.5 Å². The van der Waals surface area contributed by atoms with Crippen LogP contribution in [0.1, 0.15) is 17.5 Å². The largest absolute Gasteiger partial charge is 0.611 e. The lowest BCUT2D eigenvalue weighted by molar-refractivity contribution is 0.441. The molecule has 3 nitrogen and oxygen atoms in total. The number of hydrogen-bond donors (Lipinski definition) is 1. The van der Waals surface area contributed by atoms with Crippen LogP contribution in [0.5, 0.6) is 5.75 Å². The van der Waals surface area contributed by atoms with Gasteiger partial charge in [0, 0.05) is 18.5 Å². The topological polar surface area (TPSA) is 46.5 Å². The number of phenolic OH excluding ortho intramolecular Hbond substituents is 1. The molecule has 3 rings (SSSR count). The zero-order valence-corrected chi connectivity index (χ0v) is 14.3. The van der Waals surface area contributed by atoms with Crippen LogP contribution in [-0.2, 0) is 11.2 Å². The molecule has 0 saturated carbocycles. The number of likely N-dealkylation sites (N-methyl/N-ethyl adjacent to an activating group) is 1. The van der Waals surface area contributed by atoms with E-state index < -0.39 is 11.2 Å². The van der Waals surface area contributed by atoms with Gasteiger partial charge in [-0.1, -0.05) is 24.3 Å². The molecule has 1 N–H and O–H groups in total. The second-order valence-electron chi connectivity index (χ2n) is 6.06. The van der Waals surface area contributed by atoms with Crippen LogP contribution < -0.4 is 0 Å². The van der Waals surface area contributed by atoms with E-state index in [4.69, 9.17) is 0 Å². The molecule has 0 bridgehead atoms. The zero-order valence-electron chi connectivity index (χ0n) is 13.5. The van der Waals surface area contributed by atoms with Gasteiger partial charge in [-0.15, -0.1) is 0 Å². The highest BCUT2D eigenvalue weighted by Gasteiger charge is 2.26. The lowest BCUT2D eigenvalue weighted by atomic mass is 9.91. The predicted molar refractivity (Wildman–Crippen MR) is 95.0 cm³/mol. The maximum absolute atomic E-state index is 12.6. The van der Waals surface area contributed by atoms with Crippen molar-refractivity contribution in [3.8, 4) is 5.75 Å². The van der Waals surface area contributed by atoms with Gasteiger partial charge in [-0.3, -0.25) is 0 Å². The van der Waals surface area contributed by atoms with E-state index in [0.29, 0.717) is 5.75 Å². The predicted octanol–water partition coefficient (Wildman–Crippen LogP) is 3.27. The van der Waals surface area contributed by atoms with Crippen LogP contribution in [0.25, 0.3) is 5.57 Å². The average Bonchev–Trinajstić information content (AvgIpc) is 2.65. The highest BCUT2D eigenvalue weighted by atomic mass is 32.2. The highest BCUT2D eigenvalue weighted by Crippen LogP contribution is 2.37. The summed E-state index contributed by atoms with van der Waals surface area (Å²) in [5, 5.41) is 9.89. The third-order valence-electron chi connectivity index (χ3n) is 3.99. The van der Waals surface area contributed by atoms with Crippen molar-refractivity contribution in [2.24, 2.45) is 0 Å². The minimum absolute atomic E-state index is 0.252. The molecule has 0 aromatic heterocycles. The van der Waals surface area contributed by atoms with Crippen molar-refractivity contribution >= 4 is 16.7 Å². The van der Waals surface area contributed by atoms with Crippen LogP contribution in [-0.4, -0.2) is 41.0 Å². The Balaban J connectivity index is 2.24. The minimum atomic E-state index is -0.991. The number of benzene rings is 2. The van der Waals surface area contributed by atoms with Crippen molar-refractivity contribution in [1.82, 2.24) is 4.90 Å². The molecule has 0 fully saturated rings. The average molecular weight is 327 g/mol. The van der Waals surface area contributed by atoms with Crippen LogP contribution in [0.3, 0.4) is 0 Å². The van der Waals surface area contributed by atoms with Gasteiger partial charge < -0.3 is 14.6 Å². The fraction of sp³-hybridized carbons (Fsp3) is 0.263. The Hall–Kier alpha value is -1.75. The van der Waals surface area contributed by atoms with E-state index in [0.717, 1.165) is 34.6 Å². The molecule has 0 saturated heterocycles. The van der Waals surface area contributed by atoms with Crippen molar-refractivity contribution in [3.63, 3.8) is 0 Å². The van der Waals surface area contributed by atoms with Gasteiger partial charge in [0.1, 0.15) is 11.5 Å². The van der Waals surface area contributed by atoms with Crippen LogP contribution in [0.2, 0.25) is 0 Å². The van der Waals surface area contributed by atoms with Crippen molar-refractivity contribution in [2.45, 2.75) is 11.3 Å². The second kappa shape index (κ2) is 6.79. The van der Waals surface area contributed by atoms with E-state index >= 15 is 0 Å². The maximum atomic E-state index is 12.6. The molecule has 1 aliphatic heterocycles. The third-order valence-corrected chi connectivity index (χ3v) is 5.41. The Labute approximate surface area is 140 Å². The Kier molecular flexibility index (Phi) is 4.76. The first-order valence-electron chi connectivity index (χ1n) is 7.70. The summed E-state index contributed by atoms with van der Waals surface area (Å²) >= 11 is -0.991. The number of hydrogen-bond acceptors (Lipinski definition) is 3. The van der Waals surface area contributed by atoms with Crippen LogP contribution in [0.4, 0.5) is 0 Å². The van der Waals surface area contributed by atoms with E-state index in [9.17, 15) is 9.66 Å². The van der Waals surface area contributed by atoms with Gasteiger partial charge in [0.15, 0.2) is 4.90 Å². The van der Waals surface area contributed by atoms with Gasteiger partial charge in [0.05, 0.1) is 0 Å². The van der Waals surface area contributed by atoms with Crippen molar-refractivity contribution in [3.05, 3.63) is 65.2 Å². The number of phenols is 1. The second-order valence-corrected chi connectivity index (χ2v) is 7.60. The molecule has 1 aliphatic rings. The molecular formula is C19H21NO2S. The molecule has 1 heterocycles. The van der Waals surface area contributed by atoms with Gasteiger partial charge in [0.2, 0.25) is 0 Å². The fourth-order valence-corrected chi connectivity index (χ4v) is 4.37. The first kappa shape index (κ1) is 16.1. The molecule has 1 atom stereocenters. The van der Waals surface area contributed by atoms with Crippen LogP contribution in [0.15, 0.2) is 59.0 Å². The SMILES string of the molecule is CN(C)CC1=C(c2cccc(O)c2)c2ccccc2[S+]([O-])CC1. The molecule has 0 spiro atoms. The van der Waals surface area contributed by atoms with E-state index in [2.05, 4.69) is 4.90 Å². The maximum Gasteiger partial charge on any atom is 0.160 e. The van der Waals surface area contributed by atoms with Crippen LogP contribution in [0, 0.1) is 0 Å². The Morgan fingerprint density at radius 1 is 1.13 bits per heavy atom. The number of fused-ring (bicyclic) bond motifs is 1. The van der Waals surface area contributed by atoms with Gasteiger partial charge in [-0.05, 0) is 66.2 Å². The smallest absolute Gasteiger partial charge is 0.160 e. The van der Waals surface area contributed by atoms with Gasteiger partial charge in [0.25, 0.3) is 0 Å². The summed E-state index contributed by atoms with van der Waals surface area (Å²) in [5.41, 5.74) is 4.37. The standard InChI is InChI=1S/C19H21NO2S/c1-20(2)13-15-10-11-23(22)18-9-4-3-8-17(18)19(15)14-6-5-7-16(21)12-14/h3-9,12,21H,10-11,13H2,1-2H3. The monoisotopic (exact) mass is 327 g/mol. The van der Waals surface area contributed by atoms with E-state index in [1.54, 1.807) is 12.1 Å². The summed E-state index contributed by atoms with van der Waals surface area (Å²) < 4.78 is 12.6. The van der Waals surface area contributed by atoms with Crippen LogP contribution >= 0.6 is 0 Å². The normalized spacial score (nSPS) is 18.0. The summed E-state index contributed by atoms with van der Waals surface area (Å²) in [5.74, 6) is 0.893. The number of aromatic hydroxyl groups is 1. The Morgan fingerprint density at radius 3 is 2.65 bits per heavy atom. The molecule has 1 unspecified atom stereocenters. The van der Waals surface area contributed by atoms with Gasteiger partial charge in [-0.2, -0.15) is 0 Å². The Morgan fingerprint density at radius 2 is 1.91 bits per heavy atom. The molecule has 2 aromatic carbocycles. The summed E-state index contributed by atoms with van der Waals surface area (Å²) in [4.78, 5) is 3.02. The van der Waals surface area contributed by atoms with E-state index in [-0.39, 0.29) is 5.75 Å². The summed E-state index contributed by atoms with van der Waals surface area (Å²) in [6, 6.07) is 15.2. The number of rotatable bonds is 3. The summed E-state index contributed by atoms with van der Waals surface area (Å²) in [6.07, 6.45) is 0.796. The molecule has 120 valence electrons. The Bertz CT molecular complexity index is 740. The zero-order chi connectivity index (χ0) is 16.4. The fourth-order valence-electron chi connectivity index (χ4n) is 3.07. The summed E-state index contributed by atoms with van der Waals surface area (Å²) in [7, 11) is 4.09. The van der Waals surface area contributed by atoms with Gasteiger partial charge >= 0.3 is 0 Å². The molecule has 4 heteroatoms. The lowest BCUT2D eigenvalue weighted by Gasteiger charge is -2.17. The molecule has 0 radical (unpaired) electrons. The minimum Gasteiger partial charge on any atom is -0.611 e. The lowest BCUT2D eigenvalue weighted by Crippen LogP contribution is -2.17. The first-order valence-corrected chi connectivity index (χ1v) is 9.02. The molecule has 2 aromatic rings. The van der Waals surface area contributed by atoms with Crippen molar-refractivity contribution < 1.29 is 9.66 Å². The first-order chi connectivity index (χ1) is 11.1. The molecule has 23 heavy (non-hydrogen) atoms. The highest BCUT2D eigenvalue weighted by molar-refractivity contribution is 7.91. The molecule has 0 aliphatic carbocycles. The quantitative estimate of drug-likeness (QED) is 0.880. The molecular weight excluding hydrogens is 306 g/mol. The summed E-state index contributed by atoms with van der Waals surface area (Å²) in [6.45, 7) is 0.816. The van der Waals surface area contributed by atoms with E-state index in [1.165, 1.54) is 5.57 Å². The van der Waals surface area contributed by atoms with Crippen molar-refractivity contribution in [1.29, 1.82) is 0 Å².